The average Bonchev–Trinajstić information content (AvgIpc) is 3.19. The molecule has 0 fully saturated rings. The summed E-state index contributed by atoms with van der Waals surface area (Å²) in [6, 6.07) is 13.8. The van der Waals surface area contributed by atoms with Gasteiger partial charge in [0, 0.05) is 35.2 Å². The van der Waals surface area contributed by atoms with Gasteiger partial charge in [0.1, 0.15) is 11.6 Å². The Hall–Kier alpha value is -3.34. The Morgan fingerprint density at radius 1 is 1.07 bits per heavy atom. The van der Waals surface area contributed by atoms with Crippen LogP contribution in [0.1, 0.15) is 49.8 Å². The monoisotopic (exact) mass is 400 g/mol. The van der Waals surface area contributed by atoms with Crippen molar-refractivity contribution in [3.05, 3.63) is 72.3 Å². The molecule has 0 radical (unpaired) electrons. The number of nitrogens with one attached hydrogen (secondary N) is 1. The van der Waals surface area contributed by atoms with Crippen molar-refractivity contribution < 1.29 is 5.11 Å². The van der Waals surface area contributed by atoms with E-state index < -0.39 is 0 Å². The Kier molecular flexibility index (Phi) is 5.98. The molecule has 1 atom stereocenters. The highest BCUT2D eigenvalue weighted by Crippen LogP contribution is 2.32. The zero-order chi connectivity index (χ0) is 20.9. The number of H-pyrrole nitrogens is 1. The van der Waals surface area contributed by atoms with E-state index in [2.05, 4.69) is 27.9 Å². The first-order valence-corrected chi connectivity index (χ1v) is 10.6. The minimum absolute atomic E-state index is 0.318. The highest BCUT2D eigenvalue weighted by Gasteiger charge is 2.13. The van der Waals surface area contributed by atoms with Crippen LogP contribution in [-0.4, -0.2) is 20.1 Å². The summed E-state index contributed by atoms with van der Waals surface area (Å²) in [5, 5.41) is 10.7. The van der Waals surface area contributed by atoms with Gasteiger partial charge < -0.3 is 15.8 Å². The van der Waals surface area contributed by atoms with Gasteiger partial charge in [0.15, 0.2) is 0 Å². The van der Waals surface area contributed by atoms with Crippen molar-refractivity contribution in [2.24, 2.45) is 0 Å². The molecule has 154 valence electrons. The maximum atomic E-state index is 9.57. The molecule has 3 aromatic heterocycles. The van der Waals surface area contributed by atoms with Crippen LogP contribution in [0.3, 0.4) is 0 Å². The van der Waals surface area contributed by atoms with E-state index in [1.807, 2.05) is 30.5 Å². The summed E-state index contributed by atoms with van der Waals surface area (Å²) in [6.45, 7) is 2.22. The molecule has 0 bridgehead atoms. The number of rotatable bonds is 8. The normalized spacial score (nSPS) is 12.3. The number of hydrogen-bond donors (Lipinski definition) is 3. The minimum atomic E-state index is 0.318. The third-order valence-corrected chi connectivity index (χ3v) is 5.73. The smallest absolute Gasteiger partial charge is 0.148 e. The second-order valence-corrected chi connectivity index (χ2v) is 7.83. The molecular weight excluding hydrogens is 372 g/mol. The molecule has 3 heterocycles. The van der Waals surface area contributed by atoms with E-state index in [-0.39, 0.29) is 0 Å². The first-order chi connectivity index (χ1) is 14.7. The number of aromatic amines is 1. The number of pyridine rings is 2. The van der Waals surface area contributed by atoms with E-state index in [1.54, 1.807) is 24.5 Å². The van der Waals surface area contributed by atoms with Gasteiger partial charge in [-0.05, 0) is 73.1 Å². The number of phenolic OH excluding ortho intramolecular Hbond substituents is 1. The number of nitrogens with zero attached hydrogens (tertiary/aromatic N) is 2. The lowest BCUT2D eigenvalue weighted by molar-refractivity contribution is 0.474. The van der Waals surface area contributed by atoms with E-state index in [1.165, 1.54) is 5.56 Å². The summed E-state index contributed by atoms with van der Waals surface area (Å²) in [5.74, 6) is 1.36. The predicted molar refractivity (Wildman–Crippen MR) is 122 cm³/mol. The molecule has 1 aromatic carbocycles. The van der Waals surface area contributed by atoms with Crippen LogP contribution in [0.25, 0.3) is 22.0 Å². The van der Waals surface area contributed by atoms with Gasteiger partial charge in [-0.1, -0.05) is 25.5 Å². The van der Waals surface area contributed by atoms with Crippen molar-refractivity contribution in [2.45, 2.75) is 44.9 Å². The number of aromatic hydroxyl groups is 1. The maximum Gasteiger partial charge on any atom is 0.148 e. The molecule has 0 saturated carbocycles. The van der Waals surface area contributed by atoms with Crippen LogP contribution >= 0.6 is 0 Å². The predicted octanol–water partition coefficient (Wildman–Crippen LogP) is 5.82. The SMILES string of the molecule is CCCC(CCCc1cc2c(-c3ccncc3)c[nH]c2c(N)n1)c1ccc(O)cc1. The summed E-state index contributed by atoms with van der Waals surface area (Å²) >= 11 is 0. The van der Waals surface area contributed by atoms with Crippen LogP contribution in [0.4, 0.5) is 5.82 Å². The number of hydrogen-bond acceptors (Lipinski definition) is 4. The van der Waals surface area contributed by atoms with E-state index >= 15 is 0 Å². The number of phenols is 1. The Morgan fingerprint density at radius 2 is 1.83 bits per heavy atom. The summed E-state index contributed by atoms with van der Waals surface area (Å²) in [5.41, 5.74) is 11.7. The number of nitrogen functional groups attached to an aromatic ring is 1. The van der Waals surface area contributed by atoms with Gasteiger partial charge in [0.25, 0.3) is 0 Å². The maximum absolute atomic E-state index is 9.57. The number of benzene rings is 1. The second kappa shape index (κ2) is 8.99. The summed E-state index contributed by atoms with van der Waals surface area (Å²) < 4.78 is 0. The van der Waals surface area contributed by atoms with E-state index in [0.717, 1.165) is 59.8 Å². The lowest BCUT2D eigenvalue weighted by Crippen LogP contribution is -2.02. The van der Waals surface area contributed by atoms with Gasteiger partial charge >= 0.3 is 0 Å². The molecule has 4 N–H and O–H groups in total. The largest absolute Gasteiger partial charge is 0.508 e. The number of aryl methyl sites for hydroxylation is 1. The van der Waals surface area contributed by atoms with Gasteiger partial charge in [-0.15, -0.1) is 0 Å². The molecule has 0 amide bonds. The Labute approximate surface area is 177 Å². The molecule has 30 heavy (non-hydrogen) atoms. The molecule has 4 aromatic rings. The molecule has 0 aliphatic heterocycles. The summed E-state index contributed by atoms with van der Waals surface area (Å²) in [4.78, 5) is 12.0. The average molecular weight is 401 g/mol. The Morgan fingerprint density at radius 3 is 2.57 bits per heavy atom. The van der Waals surface area contributed by atoms with Crippen molar-refractivity contribution in [1.29, 1.82) is 0 Å². The fraction of sp³-hybridized carbons (Fsp3) is 0.280. The van der Waals surface area contributed by atoms with Crippen molar-refractivity contribution in [3.8, 4) is 16.9 Å². The van der Waals surface area contributed by atoms with Crippen molar-refractivity contribution >= 4 is 16.7 Å². The van der Waals surface area contributed by atoms with Crippen LogP contribution in [0.5, 0.6) is 5.75 Å². The van der Waals surface area contributed by atoms with Crippen LogP contribution < -0.4 is 5.73 Å². The lowest BCUT2D eigenvalue weighted by Gasteiger charge is -2.17. The first kappa shape index (κ1) is 20.0. The van der Waals surface area contributed by atoms with Gasteiger partial charge in [0.05, 0.1) is 5.52 Å². The highest BCUT2D eigenvalue weighted by molar-refractivity contribution is 6.00. The molecule has 0 saturated heterocycles. The zero-order valence-electron chi connectivity index (χ0n) is 17.3. The van der Waals surface area contributed by atoms with Crippen LogP contribution in [0, 0.1) is 0 Å². The summed E-state index contributed by atoms with van der Waals surface area (Å²) in [6.07, 6.45) is 10.9. The standard InChI is InChI=1S/C25H28N4O/c1-2-4-17(18-7-9-21(30)10-8-18)5-3-6-20-15-22-23(19-11-13-27-14-12-19)16-28-24(22)25(26)29-20/h7-17,28,30H,2-6H2,1H3,(H2,26,29). The molecule has 5 heteroatoms. The zero-order valence-corrected chi connectivity index (χ0v) is 17.3. The molecular formula is C25H28N4O. The molecule has 4 rings (SSSR count). The number of fused-ring (bicyclic) bond motifs is 1. The fourth-order valence-electron chi connectivity index (χ4n) is 4.21. The number of aromatic nitrogens is 3. The van der Waals surface area contributed by atoms with Crippen molar-refractivity contribution in [1.82, 2.24) is 15.0 Å². The Bertz CT molecular complexity index is 1100. The highest BCUT2D eigenvalue weighted by atomic mass is 16.3. The van der Waals surface area contributed by atoms with Gasteiger partial charge in [-0.25, -0.2) is 4.98 Å². The number of nitrogens with two attached hydrogens (primary N) is 1. The third-order valence-electron chi connectivity index (χ3n) is 5.73. The van der Waals surface area contributed by atoms with E-state index in [9.17, 15) is 5.11 Å². The summed E-state index contributed by atoms with van der Waals surface area (Å²) in [7, 11) is 0. The van der Waals surface area contributed by atoms with E-state index in [4.69, 9.17) is 5.73 Å². The van der Waals surface area contributed by atoms with Crippen molar-refractivity contribution in [3.63, 3.8) is 0 Å². The van der Waals surface area contributed by atoms with Crippen molar-refractivity contribution in [2.75, 3.05) is 5.73 Å². The van der Waals surface area contributed by atoms with E-state index in [0.29, 0.717) is 17.5 Å². The fourth-order valence-corrected chi connectivity index (χ4v) is 4.21. The lowest BCUT2D eigenvalue weighted by atomic mass is 9.89. The van der Waals surface area contributed by atoms with Gasteiger partial charge in [0.2, 0.25) is 0 Å². The molecule has 0 aliphatic carbocycles. The number of anilines is 1. The van der Waals surface area contributed by atoms with Crippen LogP contribution in [-0.2, 0) is 6.42 Å². The Balaban J connectivity index is 1.51. The topological polar surface area (TPSA) is 87.8 Å². The molecule has 1 unspecified atom stereocenters. The molecule has 5 nitrogen and oxygen atoms in total. The van der Waals surface area contributed by atoms with Crippen LogP contribution in [0.2, 0.25) is 0 Å². The van der Waals surface area contributed by atoms with Gasteiger partial charge in [-0.2, -0.15) is 0 Å². The second-order valence-electron chi connectivity index (χ2n) is 7.83. The first-order valence-electron chi connectivity index (χ1n) is 10.6. The third kappa shape index (κ3) is 4.30. The molecule has 0 aliphatic rings. The van der Waals surface area contributed by atoms with Gasteiger partial charge in [-0.3, -0.25) is 4.98 Å². The van der Waals surface area contributed by atoms with Crippen LogP contribution in [0.15, 0.2) is 61.1 Å². The molecule has 0 spiro atoms. The minimum Gasteiger partial charge on any atom is -0.508 e. The quantitative estimate of drug-likeness (QED) is 0.348.